The smallest absolute Gasteiger partial charge is 0.346 e. The maximum absolute atomic E-state index is 13.3. The van der Waals surface area contributed by atoms with Crippen LogP contribution < -0.4 is 4.74 Å². The van der Waals surface area contributed by atoms with Crippen molar-refractivity contribution < 1.29 is 14.1 Å². The maximum Gasteiger partial charge on any atom is 0.346 e. The van der Waals surface area contributed by atoms with Gasteiger partial charge in [0.1, 0.15) is 5.75 Å². The third-order valence-electron chi connectivity index (χ3n) is 2.17. The zero-order valence-corrected chi connectivity index (χ0v) is 10.6. The average Bonchev–Trinajstić information content (AvgIpc) is 2.32. The molecule has 0 N–H and O–H groups in total. The molecule has 0 spiro atoms. The van der Waals surface area contributed by atoms with E-state index in [0.717, 1.165) is 10.5 Å². The highest BCUT2D eigenvalue weighted by molar-refractivity contribution is 9.10. The van der Waals surface area contributed by atoms with Crippen LogP contribution in [0.5, 0.6) is 11.5 Å². The van der Waals surface area contributed by atoms with Gasteiger partial charge in [0.2, 0.25) is 11.6 Å². The predicted molar refractivity (Wildman–Crippen MR) is 67.3 cm³/mol. The third kappa shape index (κ3) is 2.65. The fourth-order valence-corrected chi connectivity index (χ4v) is 1.65. The summed E-state index contributed by atoms with van der Waals surface area (Å²) >= 11 is 3.26. The molecule has 0 amide bonds. The number of nitrogens with zero attached hydrogens (tertiary/aromatic N) is 1. The van der Waals surface area contributed by atoms with Crippen molar-refractivity contribution in [1.82, 2.24) is 0 Å². The van der Waals surface area contributed by atoms with Gasteiger partial charge in [-0.1, -0.05) is 22.0 Å². The van der Waals surface area contributed by atoms with Crippen molar-refractivity contribution in [3.05, 3.63) is 62.9 Å². The zero-order valence-electron chi connectivity index (χ0n) is 8.97. The number of para-hydroxylation sites is 1. The molecular formula is C12H7BrFNO3. The Hall–Kier alpha value is -1.95. The summed E-state index contributed by atoms with van der Waals surface area (Å²) in [6, 6.07) is 10.4. The number of benzene rings is 2. The zero-order chi connectivity index (χ0) is 13.1. The van der Waals surface area contributed by atoms with E-state index >= 15 is 0 Å². The molecule has 18 heavy (non-hydrogen) atoms. The molecule has 0 aromatic heterocycles. The molecule has 2 aromatic carbocycles. The van der Waals surface area contributed by atoms with Gasteiger partial charge in [0, 0.05) is 4.47 Å². The van der Waals surface area contributed by atoms with Crippen molar-refractivity contribution in [3.8, 4) is 11.5 Å². The Balaban J connectivity index is 2.37. The second kappa shape index (κ2) is 5.14. The van der Waals surface area contributed by atoms with Crippen molar-refractivity contribution in [2.45, 2.75) is 0 Å². The van der Waals surface area contributed by atoms with E-state index in [4.69, 9.17) is 4.74 Å². The molecule has 0 heterocycles. The first-order valence-electron chi connectivity index (χ1n) is 4.94. The van der Waals surface area contributed by atoms with Gasteiger partial charge in [-0.25, -0.2) is 0 Å². The van der Waals surface area contributed by atoms with Gasteiger partial charge in [-0.3, -0.25) is 10.1 Å². The normalized spacial score (nSPS) is 10.1. The fraction of sp³-hybridized carbons (Fsp3) is 0. The number of rotatable bonds is 3. The van der Waals surface area contributed by atoms with Crippen molar-refractivity contribution in [2.24, 2.45) is 0 Å². The fourth-order valence-electron chi connectivity index (χ4n) is 1.38. The van der Waals surface area contributed by atoms with Gasteiger partial charge in [-0.05, 0) is 36.4 Å². The highest BCUT2D eigenvalue weighted by atomic mass is 79.9. The molecule has 0 aliphatic rings. The molecule has 2 rings (SSSR count). The van der Waals surface area contributed by atoms with Crippen LogP contribution in [0.3, 0.4) is 0 Å². The second-order valence-corrected chi connectivity index (χ2v) is 4.32. The molecule has 0 saturated carbocycles. The topological polar surface area (TPSA) is 52.4 Å². The van der Waals surface area contributed by atoms with E-state index in [2.05, 4.69) is 15.9 Å². The van der Waals surface area contributed by atoms with Gasteiger partial charge in [-0.2, -0.15) is 4.39 Å². The van der Waals surface area contributed by atoms with Crippen LogP contribution in [0.4, 0.5) is 10.1 Å². The molecule has 0 atom stereocenters. The van der Waals surface area contributed by atoms with Crippen molar-refractivity contribution >= 4 is 21.6 Å². The molecule has 0 bridgehead atoms. The van der Waals surface area contributed by atoms with E-state index in [1.807, 2.05) is 0 Å². The van der Waals surface area contributed by atoms with Gasteiger partial charge in [0.15, 0.2) is 0 Å². The van der Waals surface area contributed by atoms with Crippen LogP contribution in [0, 0.1) is 15.9 Å². The van der Waals surface area contributed by atoms with Crippen molar-refractivity contribution in [2.75, 3.05) is 0 Å². The lowest BCUT2D eigenvalue weighted by Crippen LogP contribution is -1.96. The number of ether oxygens (including phenoxy) is 1. The molecular weight excluding hydrogens is 305 g/mol. The molecule has 0 saturated heterocycles. The molecule has 92 valence electrons. The molecule has 2 aromatic rings. The summed E-state index contributed by atoms with van der Waals surface area (Å²) in [5.74, 6) is -0.649. The van der Waals surface area contributed by atoms with Gasteiger partial charge < -0.3 is 4.74 Å². The lowest BCUT2D eigenvalue weighted by atomic mass is 10.3. The monoisotopic (exact) mass is 311 g/mol. The Kier molecular flexibility index (Phi) is 3.57. The Morgan fingerprint density at radius 1 is 1.17 bits per heavy atom. The Bertz CT molecular complexity index is 586. The maximum atomic E-state index is 13.3. The number of halogens is 2. The second-order valence-electron chi connectivity index (χ2n) is 3.40. The highest BCUT2D eigenvalue weighted by Gasteiger charge is 2.21. The van der Waals surface area contributed by atoms with Gasteiger partial charge in [0.25, 0.3) is 0 Å². The third-order valence-corrected chi connectivity index (χ3v) is 2.70. The quantitative estimate of drug-likeness (QED) is 0.627. The van der Waals surface area contributed by atoms with Crippen LogP contribution in [0.2, 0.25) is 0 Å². The first-order chi connectivity index (χ1) is 8.58. The van der Waals surface area contributed by atoms with Gasteiger partial charge in [-0.15, -0.1) is 0 Å². The Morgan fingerprint density at radius 3 is 2.44 bits per heavy atom. The number of nitro benzene ring substituents is 1. The van der Waals surface area contributed by atoms with Crippen LogP contribution in [-0.2, 0) is 0 Å². The molecule has 6 heteroatoms. The average molecular weight is 312 g/mol. The van der Waals surface area contributed by atoms with E-state index in [-0.39, 0.29) is 5.75 Å². The Morgan fingerprint density at radius 2 is 1.83 bits per heavy atom. The minimum Gasteiger partial charge on any atom is -0.450 e. The molecule has 0 fully saturated rings. The van der Waals surface area contributed by atoms with Crippen molar-refractivity contribution in [1.29, 1.82) is 0 Å². The number of hydrogen-bond acceptors (Lipinski definition) is 3. The van der Waals surface area contributed by atoms with Gasteiger partial charge in [0.05, 0.1) is 4.92 Å². The van der Waals surface area contributed by atoms with Crippen molar-refractivity contribution in [3.63, 3.8) is 0 Å². The largest absolute Gasteiger partial charge is 0.450 e. The number of hydrogen-bond donors (Lipinski definition) is 0. The van der Waals surface area contributed by atoms with E-state index in [0.29, 0.717) is 5.75 Å². The van der Waals surface area contributed by atoms with Crippen LogP contribution in [0.25, 0.3) is 0 Å². The SMILES string of the molecule is O=[N+]([O-])c1c(F)cccc1Oc1ccc(Br)cc1. The summed E-state index contributed by atoms with van der Waals surface area (Å²) in [7, 11) is 0. The first-order valence-corrected chi connectivity index (χ1v) is 5.73. The lowest BCUT2D eigenvalue weighted by molar-refractivity contribution is -0.388. The molecule has 0 aliphatic heterocycles. The summed E-state index contributed by atoms with van der Waals surface area (Å²) in [6.07, 6.45) is 0. The minimum atomic E-state index is -0.922. The molecule has 0 aliphatic carbocycles. The van der Waals surface area contributed by atoms with Crippen LogP contribution in [0.15, 0.2) is 46.9 Å². The van der Waals surface area contributed by atoms with Crippen LogP contribution in [0.1, 0.15) is 0 Å². The lowest BCUT2D eigenvalue weighted by Gasteiger charge is -2.06. The first kappa shape index (κ1) is 12.5. The summed E-state index contributed by atoms with van der Waals surface area (Å²) in [4.78, 5) is 9.96. The molecule has 0 radical (unpaired) electrons. The minimum absolute atomic E-state index is 0.123. The summed E-state index contributed by atoms with van der Waals surface area (Å²) in [5.41, 5.74) is -0.666. The van der Waals surface area contributed by atoms with Gasteiger partial charge >= 0.3 is 5.69 Å². The van der Waals surface area contributed by atoms with E-state index in [1.54, 1.807) is 24.3 Å². The Labute approximate surface area is 110 Å². The summed E-state index contributed by atoms with van der Waals surface area (Å²) in [6.45, 7) is 0. The predicted octanol–water partition coefficient (Wildman–Crippen LogP) is 4.29. The summed E-state index contributed by atoms with van der Waals surface area (Å²) in [5, 5.41) is 10.8. The highest BCUT2D eigenvalue weighted by Crippen LogP contribution is 2.33. The van der Waals surface area contributed by atoms with Crippen LogP contribution in [-0.4, -0.2) is 4.92 Å². The van der Waals surface area contributed by atoms with Crippen LogP contribution >= 0.6 is 15.9 Å². The standard InChI is InChI=1S/C12H7BrFNO3/c13-8-4-6-9(7-5-8)18-11-3-1-2-10(14)12(11)15(16)17/h1-7H. The summed E-state index contributed by atoms with van der Waals surface area (Å²) < 4.78 is 19.5. The van der Waals surface area contributed by atoms with E-state index in [9.17, 15) is 14.5 Å². The number of nitro groups is 1. The van der Waals surface area contributed by atoms with E-state index < -0.39 is 16.4 Å². The van der Waals surface area contributed by atoms with E-state index in [1.165, 1.54) is 12.1 Å². The molecule has 0 unspecified atom stereocenters. The molecule has 4 nitrogen and oxygen atoms in total.